The van der Waals surface area contributed by atoms with Gasteiger partial charge in [-0.3, -0.25) is 4.90 Å². The number of piperidine rings is 1. The van der Waals surface area contributed by atoms with Crippen molar-refractivity contribution >= 4 is 0 Å². The summed E-state index contributed by atoms with van der Waals surface area (Å²) >= 11 is 0. The van der Waals surface area contributed by atoms with Crippen LogP contribution in [0.2, 0.25) is 0 Å². The number of aliphatic hydroxyl groups is 1. The van der Waals surface area contributed by atoms with E-state index in [4.69, 9.17) is 9.47 Å². The van der Waals surface area contributed by atoms with E-state index in [-0.39, 0.29) is 6.61 Å². The third kappa shape index (κ3) is 6.07. The minimum atomic E-state index is -4.36. The van der Waals surface area contributed by atoms with Gasteiger partial charge in [0.15, 0.2) is 0 Å². The predicted molar refractivity (Wildman–Crippen MR) is 94.8 cm³/mol. The van der Waals surface area contributed by atoms with Gasteiger partial charge in [0.1, 0.15) is 18.5 Å². The molecule has 5 nitrogen and oxygen atoms in total. The Morgan fingerprint density at radius 2 is 1.70 bits per heavy atom. The number of ether oxygens (including phenoxy) is 2. The molecule has 2 fully saturated rings. The maximum Gasteiger partial charge on any atom is 0.416 e. The quantitative estimate of drug-likeness (QED) is 0.810. The van der Waals surface area contributed by atoms with E-state index in [1.54, 1.807) is 0 Å². The lowest BCUT2D eigenvalue weighted by Gasteiger charge is -2.40. The van der Waals surface area contributed by atoms with Crippen LogP contribution in [0.4, 0.5) is 13.2 Å². The zero-order valence-electron chi connectivity index (χ0n) is 15.3. The van der Waals surface area contributed by atoms with E-state index in [2.05, 4.69) is 9.80 Å². The molecule has 152 valence electrons. The van der Waals surface area contributed by atoms with Crippen molar-refractivity contribution in [2.45, 2.75) is 31.2 Å². The van der Waals surface area contributed by atoms with Gasteiger partial charge in [0.25, 0.3) is 0 Å². The van der Waals surface area contributed by atoms with E-state index in [1.807, 2.05) is 0 Å². The lowest BCUT2D eigenvalue weighted by atomic mass is 10.0. The van der Waals surface area contributed by atoms with E-state index in [9.17, 15) is 18.3 Å². The van der Waals surface area contributed by atoms with E-state index in [1.165, 1.54) is 12.1 Å². The van der Waals surface area contributed by atoms with Gasteiger partial charge in [-0.2, -0.15) is 13.2 Å². The maximum atomic E-state index is 12.5. The summed E-state index contributed by atoms with van der Waals surface area (Å²) < 4.78 is 48.5. The second-order valence-corrected chi connectivity index (χ2v) is 7.17. The van der Waals surface area contributed by atoms with Crippen molar-refractivity contribution in [2.24, 2.45) is 0 Å². The Bertz CT molecular complexity index is 569. The summed E-state index contributed by atoms with van der Waals surface area (Å²) in [5.74, 6) is 0.327. The van der Waals surface area contributed by atoms with E-state index in [0.29, 0.717) is 18.3 Å². The van der Waals surface area contributed by atoms with Gasteiger partial charge in [0.2, 0.25) is 0 Å². The number of alkyl halides is 3. The van der Waals surface area contributed by atoms with Crippen LogP contribution in [-0.2, 0) is 10.9 Å². The molecular formula is C19H27F3N2O3. The van der Waals surface area contributed by atoms with Gasteiger partial charge in [-0.25, -0.2) is 0 Å². The number of nitrogens with zero attached hydrogens (tertiary/aromatic N) is 2. The summed E-state index contributed by atoms with van der Waals surface area (Å²) in [6, 6.07) is 5.12. The second kappa shape index (κ2) is 9.23. The lowest BCUT2D eigenvalue weighted by Crippen LogP contribution is -2.50. The first-order valence-electron chi connectivity index (χ1n) is 9.44. The Morgan fingerprint density at radius 3 is 2.30 bits per heavy atom. The van der Waals surface area contributed by atoms with Crippen molar-refractivity contribution in [1.82, 2.24) is 9.80 Å². The molecule has 1 aromatic rings. The molecule has 1 atom stereocenters. The molecular weight excluding hydrogens is 361 g/mol. The van der Waals surface area contributed by atoms with Crippen LogP contribution >= 0.6 is 0 Å². The number of halogens is 3. The first-order chi connectivity index (χ1) is 12.9. The fourth-order valence-electron chi connectivity index (χ4n) is 3.69. The molecule has 1 aromatic carbocycles. The SMILES string of the molecule is OC(COc1ccc(C(F)(F)F)cc1)CN1CCC(N2CCOCC2)CC1. The highest BCUT2D eigenvalue weighted by molar-refractivity contribution is 5.28. The van der Waals surface area contributed by atoms with E-state index < -0.39 is 17.8 Å². The fourth-order valence-corrected chi connectivity index (χ4v) is 3.69. The molecule has 0 aliphatic carbocycles. The molecule has 1 unspecified atom stereocenters. The van der Waals surface area contributed by atoms with Crippen LogP contribution in [0.15, 0.2) is 24.3 Å². The average molecular weight is 388 g/mol. The first kappa shape index (κ1) is 20.4. The van der Waals surface area contributed by atoms with E-state index in [0.717, 1.165) is 64.4 Å². The molecule has 3 rings (SSSR count). The molecule has 27 heavy (non-hydrogen) atoms. The second-order valence-electron chi connectivity index (χ2n) is 7.17. The molecule has 2 heterocycles. The van der Waals surface area contributed by atoms with Crippen LogP contribution < -0.4 is 4.74 Å². The molecule has 8 heteroatoms. The van der Waals surface area contributed by atoms with Gasteiger partial charge in [-0.05, 0) is 50.2 Å². The monoisotopic (exact) mass is 388 g/mol. The molecule has 0 amide bonds. The minimum absolute atomic E-state index is 0.0642. The Labute approximate surface area is 157 Å². The van der Waals surface area contributed by atoms with Crippen molar-refractivity contribution in [1.29, 1.82) is 0 Å². The van der Waals surface area contributed by atoms with Crippen LogP contribution in [0.3, 0.4) is 0 Å². The zero-order valence-corrected chi connectivity index (χ0v) is 15.3. The third-order valence-corrected chi connectivity index (χ3v) is 5.21. The highest BCUT2D eigenvalue weighted by Gasteiger charge is 2.30. The Balaban J connectivity index is 1.36. The number of morpholine rings is 1. The lowest BCUT2D eigenvalue weighted by molar-refractivity contribution is -0.137. The van der Waals surface area contributed by atoms with Gasteiger partial charge in [0.05, 0.1) is 18.8 Å². The fraction of sp³-hybridized carbons (Fsp3) is 0.684. The summed E-state index contributed by atoms with van der Waals surface area (Å²) in [6.07, 6.45) is -2.88. The molecule has 2 aliphatic heterocycles. The van der Waals surface area contributed by atoms with Crippen molar-refractivity contribution in [2.75, 3.05) is 52.5 Å². The van der Waals surface area contributed by atoms with Crippen molar-refractivity contribution < 1.29 is 27.8 Å². The van der Waals surface area contributed by atoms with Crippen molar-refractivity contribution in [3.8, 4) is 5.75 Å². The van der Waals surface area contributed by atoms with Crippen molar-refractivity contribution in [3.63, 3.8) is 0 Å². The van der Waals surface area contributed by atoms with Gasteiger partial charge >= 0.3 is 6.18 Å². The Morgan fingerprint density at radius 1 is 1.07 bits per heavy atom. The number of benzene rings is 1. The highest BCUT2D eigenvalue weighted by atomic mass is 19.4. The molecule has 0 spiro atoms. The molecule has 0 aromatic heterocycles. The van der Waals surface area contributed by atoms with Gasteiger partial charge in [-0.15, -0.1) is 0 Å². The van der Waals surface area contributed by atoms with Gasteiger partial charge < -0.3 is 19.5 Å². The number of β-amino-alcohol motifs (C(OH)–C–C–N with tert-alkyl or cyclic N) is 1. The minimum Gasteiger partial charge on any atom is -0.491 e. The van der Waals surface area contributed by atoms with Gasteiger partial charge in [-0.1, -0.05) is 0 Å². The number of likely N-dealkylation sites (tertiary alicyclic amines) is 1. The summed E-state index contributed by atoms with van der Waals surface area (Å²) in [5, 5.41) is 10.2. The maximum absolute atomic E-state index is 12.5. The predicted octanol–water partition coefficient (Wildman–Crippen LogP) is 2.24. The topological polar surface area (TPSA) is 45.2 Å². The number of hydrogen-bond acceptors (Lipinski definition) is 5. The molecule has 0 saturated carbocycles. The summed E-state index contributed by atoms with van der Waals surface area (Å²) in [6.45, 7) is 6.03. The molecule has 0 bridgehead atoms. The summed E-state index contributed by atoms with van der Waals surface area (Å²) in [4.78, 5) is 4.71. The first-order valence-corrected chi connectivity index (χ1v) is 9.44. The van der Waals surface area contributed by atoms with Crippen LogP contribution in [0, 0.1) is 0 Å². The smallest absolute Gasteiger partial charge is 0.416 e. The Hall–Kier alpha value is -1.35. The van der Waals surface area contributed by atoms with Crippen molar-refractivity contribution in [3.05, 3.63) is 29.8 Å². The third-order valence-electron chi connectivity index (χ3n) is 5.21. The van der Waals surface area contributed by atoms with Gasteiger partial charge in [0, 0.05) is 25.7 Å². The molecule has 2 aliphatic rings. The highest BCUT2D eigenvalue weighted by Crippen LogP contribution is 2.30. The molecule has 1 N–H and O–H groups in total. The molecule has 0 radical (unpaired) electrons. The summed E-state index contributed by atoms with van der Waals surface area (Å²) in [5.41, 5.74) is -0.710. The molecule has 2 saturated heterocycles. The standard InChI is InChI=1S/C19H27F3N2O3/c20-19(21,22)15-1-3-18(4-2-15)27-14-17(25)13-23-7-5-16(6-8-23)24-9-11-26-12-10-24/h1-4,16-17,25H,5-14H2. The van der Waals surface area contributed by atoms with Crippen LogP contribution in [-0.4, -0.2) is 79.6 Å². The van der Waals surface area contributed by atoms with Crippen LogP contribution in [0.5, 0.6) is 5.75 Å². The summed E-state index contributed by atoms with van der Waals surface area (Å²) in [7, 11) is 0. The average Bonchev–Trinajstić information content (AvgIpc) is 2.67. The number of aliphatic hydroxyl groups excluding tert-OH is 1. The Kier molecular flexibility index (Phi) is 6.97. The number of hydrogen-bond donors (Lipinski definition) is 1. The number of rotatable bonds is 6. The zero-order chi connectivity index (χ0) is 19.3. The van der Waals surface area contributed by atoms with Crippen LogP contribution in [0.25, 0.3) is 0 Å². The largest absolute Gasteiger partial charge is 0.491 e. The van der Waals surface area contributed by atoms with Crippen LogP contribution in [0.1, 0.15) is 18.4 Å². The normalized spacial score (nSPS) is 21.9. The van der Waals surface area contributed by atoms with E-state index >= 15 is 0 Å².